The van der Waals surface area contributed by atoms with E-state index in [1.54, 1.807) is 18.2 Å². The predicted octanol–water partition coefficient (Wildman–Crippen LogP) is 1.52. The summed E-state index contributed by atoms with van der Waals surface area (Å²) >= 11 is 1.14. The summed E-state index contributed by atoms with van der Waals surface area (Å²) in [7, 11) is -0.451. The largest absolute Gasteiger partial charge is 0.472 e. The number of rotatable bonds is 5. The number of thiophene rings is 1. The fourth-order valence-corrected chi connectivity index (χ4v) is 3.90. The quantitative estimate of drug-likeness (QED) is 0.907. The maximum Gasteiger partial charge on any atom is 0.254 e. The summed E-state index contributed by atoms with van der Waals surface area (Å²) in [5.74, 6) is -0.260. The van der Waals surface area contributed by atoms with Crippen LogP contribution in [0.2, 0.25) is 0 Å². The minimum absolute atomic E-state index is 0.259. The zero-order chi connectivity index (χ0) is 14.8. The monoisotopic (exact) mass is 314 g/mol. The van der Waals surface area contributed by atoms with Gasteiger partial charge in [0.2, 0.25) is 0 Å². The van der Waals surface area contributed by atoms with E-state index in [1.165, 1.54) is 26.6 Å². The lowest BCUT2D eigenvalue weighted by Crippen LogP contribution is -2.22. The number of carbonyl (C=O) groups is 1. The van der Waals surface area contributed by atoms with Gasteiger partial charge in [0.15, 0.2) is 0 Å². The van der Waals surface area contributed by atoms with Crippen LogP contribution in [0.15, 0.2) is 39.4 Å². The molecule has 0 saturated heterocycles. The van der Waals surface area contributed by atoms with Crippen LogP contribution in [0.1, 0.15) is 15.2 Å². The van der Waals surface area contributed by atoms with Gasteiger partial charge in [0, 0.05) is 19.0 Å². The molecule has 0 aliphatic carbocycles. The van der Waals surface area contributed by atoms with Gasteiger partial charge < -0.3 is 9.73 Å². The minimum atomic E-state index is -3.41. The molecule has 108 valence electrons. The Labute approximate surface area is 121 Å². The normalized spacial score (nSPS) is 11.8. The van der Waals surface area contributed by atoms with Crippen LogP contribution in [0.5, 0.6) is 0 Å². The standard InChI is InChI=1S/C12H14N2O4S2/c1-14(2)20(16,17)11-4-3-10(19-11)7-13-12(15)9-5-6-18-8-9/h3-6,8H,7H2,1-2H3,(H,13,15). The van der Waals surface area contributed by atoms with Crippen molar-refractivity contribution in [3.8, 4) is 0 Å². The number of hydrogen-bond acceptors (Lipinski definition) is 5. The molecule has 2 heterocycles. The van der Waals surface area contributed by atoms with E-state index in [2.05, 4.69) is 5.32 Å². The molecule has 0 spiro atoms. The molecule has 2 rings (SSSR count). The molecule has 0 bridgehead atoms. The molecule has 0 fully saturated rings. The number of furan rings is 1. The zero-order valence-electron chi connectivity index (χ0n) is 11.0. The first-order chi connectivity index (χ1) is 9.41. The van der Waals surface area contributed by atoms with E-state index < -0.39 is 10.0 Å². The molecule has 1 N–H and O–H groups in total. The van der Waals surface area contributed by atoms with Gasteiger partial charge in [-0.3, -0.25) is 4.79 Å². The molecule has 0 unspecified atom stereocenters. The Morgan fingerprint density at radius 3 is 2.70 bits per heavy atom. The summed E-state index contributed by atoms with van der Waals surface area (Å²) in [5.41, 5.74) is 0.433. The van der Waals surface area contributed by atoms with Crippen LogP contribution >= 0.6 is 11.3 Å². The minimum Gasteiger partial charge on any atom is -0.472 e. The Morgan fingerprint density at radius 1 is 1.35 bits per heavy atom. The van der Waals surface area contributed by atoms with Crippen molar-refractivity contribution < 1.29 is 17.6 Å². The highest BCUT2D eigenvalue weighted by molar-refractivity contribution is 7.91. The molecule has 0 aliphatic heterocycles. The SMILES string of the molecule is CN(C)S(=O)(=O)c1ccc(CNC(=O)c2ccoc2)s1. The van der Waals surface area contributed by atoms with Gasteiger partial charge in [0.1, 0.15) is 10.5 Å². The predicted molar refractivity (Wildman–Crippen MR) is 75.1 cm³/mol. The Kier molecular flexibility index (Phi) is 4.26. The molecule has 1 amide bonds. The molecule has 20 heavy (non-hydrogen) atoms. The third-order valence-corrected chi connectivity index (χ3v) is 5.95. The number of sulfonamides is 1. The van der Waals surface area contributed by atoms with E-state index in [1.807, 2.05) is 0 Å². The average Bonchev–Trinajstić information content (AvgIpc) is 3.07. The van der Waals surface area contributed by atoms with Crippen molar-refractivity contribution in [2.24, 2.45) is 0 Å². The average molecular weight is 314 g/mol. The van der Waals surface area contributed by atoms with Crippen LogP contribution in [-0.2, 0) is 16.6 Å². The Balaban J connectivity index is 2.02. The second kappa shape index (κ2) is 5.78. The third kappa shape index (κ3) is 3.09. The smallest absolute Gasteiger partial charge is 0.254 e. The fraction of sp³-hybridized carbons (Fsp3) is 0.250. The fourth-order valence-electron chi connectivity index (χ4n) is 1.43. The first kappa shape index (κ1) is 14.8. The Hall–Kier alpha value is -1.64. The lowest BCUT2D eigenvalue weighted by atomic mass is 10.3. The summed E-state index contributed by atoms with van der Waals surface area (Å²) in [6.45, 7) is 0.275. The van der Waals surface area contributed by atoms with Crippen LogP contribution in [0.3, 0.4) is 0 Å². The van der Waals surface area contributed by atoms with Crippen molar-refractivity contribution in [1.29, 1.82) is 0 Å². The number of nitrogens with one attached hydrogen (secondary N) is 1. The van der Waals surface area contributed by atoms with Gasteiger partial charge in [-0.2, -0.15) is 0 Å². The van der Waals surface area contributed by atoms with Crippen LogP contribution in [0.4, 0.5) is 0 Å². The summed E-state index contributed by atoms with van der Waals surface area (Å²) in [6.07, 6.45) is 2.77. The second-order valence-corrected chi connectivity index (χ2v) is 7.75. The van der Waals surface area contributed by atoms with Crippen molar-refractivity contribution >= 4 is 27.3 Å². The first-order valence-corrected chi connectivity index (χ1v) is 7.98. The molecular weight excluding hydrogens is 300 g/mol. The topological polar surface area (TPSA) is 79.6 Å². The maximum atomic E-state index is 11.9. The van der Waals surface area contributed by atoms with Gasteiger partial charge in [0.25, 0.3) is 15.9 Å². The zero-order valence-corrected chi connectivity index (χ0v) is 12.6. The van der Waals surface area contributed by atoms with Gasteiger partial charge in [-0.05, 0) is 18.2 Å². The van der Waals surface area contributed by atoms with Gasteiger partial charge >= 0.3 is 0 Å². The van der Waals surface area contributed by atoms with E-state index in [0.717, 1.165) is 20.5 Å². The first-order valence-electron chi connectivity index (χ1n) is 5.73. The van der Waals surface area contributed by atoms with E-state index in [-0.39, 0.29) is 16.7 Å². The number of carbonyl (C=O) groups excluding carboxylic acids is 1. The van der Waals surface area contributed by atoms with Crippen LogP contribution in [-0.4, -0.2) is 32.7 Å². The van der Waals surface area contributed by atoms with E-state index in [9.17, 15) is 13.2 Å². The van der Waals surface area contributed by atoms with Crippen LogP contribution in [0, 0.1) is 0 Å². The summed E-state index contributed by atoms with van der Waals surface area (Å²) < 4.78 is 30.1. The van der Waals surface area contributed by atoms with E-state index >= 15 is 0 Å². The molecule has 8 heteroatoms. The third-order valence-electron chi connectivity index (χ3n) is 2.58. The van der Waals surface area contributed by atoms with Gasteiger partial charge in [0.05, 0.1) is 18.4 Å². The molecule has 0 saturated carbocycles. The molecular formula is C12H14N2O4S2. The molecule has 0 aromatic carbocycles. The number of nitrogens with zero attached hydrogens (tertiary/aromatic N) is 1. The molecule has 0 atom stereocenters. The van der Waals surface area contributed by atoms with Crippen molar-refractivity contribution in [2.75, 3.05) is 14.1 Å². The molecule has 0 radical (unpaired) electrons. The van der Waals surface area contributed by atoms with Gasteiger partial charge in [-0.25, -0.2) is 12.7 Å². The van der Waals surface area contributed by atoms with Crippen molar-refractivity contribution in [3.05, 3.63) is 41.2 Å². The molecule has 6 nitrogen and oxygen atoms in total. The van der Waals surface area contributed by atoms with E-state index in [0.29, 0.717) is 5.56 Å². The van der Waals surface area contributed by atoms with Crippen LogP contribution < -0.4 is 5.32 Å². The van der Waals surface area contributed by atoms with E-state index in [4.69, 9.17) is 4.42 Å². The number of hydrogen-bond donors (Lipinski definition) is 1. The maximum absolute atomic E-state index is 11.9. The second-order valence-electron chi connectivity index (χ2n) is 4.20. The highest BCUT2D eigenvalue weighted by Gasteiger charge is 2.19. The van der Waals surface area contributed by atoms with Gasteiger partial charge in [-0.15, -0.1) is 11.3 Å². The molecule has 2 aromatic heterocycles. The number of amides is 1. The van der Waals surface area contributed by atoms with Crippen molar-refractivity contribution in [3.63, 3.8) is 0 Å². The van der Waals surface area contributed by atoms with Crippen LogP contribution in [0.25, 0.3) is 0 Å². The summed E-state index contributed by atoms with van der Waals surface area (Å²) in [4.78, 5) is 12.5. The van der Waals surface area contributed by atoms with Crippen molar-refractivity contribution in [2.45, 2.75) is 10.8 Å². The Bertz CT molecular complexity index is 687. The van der Waals surface area contributed by atoms with Gasteiger partial charge in [-0.1, -0.05) is 0 Å². The lowest BCUT2D eigenvalue weighted by molar-refractivity contribution is 0.0950. The molecule has 2 aromatic rings. The summed E-state index contributed by atoms with van der Waals surface area (Å²) in [5, 5.41) is 2.70. The lowest BCUT2D eigenvalue weighted by Gasteiger charge is -2.08. The highest BCUT2D eigenvalue weighted by atomic mass is 32.2. The van der Waals surface area contributed by atoms with Crippen molar-refractivity contribution in [1.82, 2.24) is 9.62 Å². The Morgan fingerprint density at radius 2 is 2.10 bits per heavy atom. The highest BCUT2D eigenvalue weighted by Crippen LogP contribution is 2.23. The molecule has 0 aliphatic rings. The summed E-state index contributed by atoms with van der Waals surface area (Å²) in [6, 6.07) is 4.79.